The number of aliphatic hydroxyl groups excluding tert-OH is 3. The lowest BCUT2D eigenvalue weighted by Crippen LogP contribution is -2.62. The highest BCUT2D eigenvalue weighted by atomic mass is 16.7. The van der Waals surface area contributed by atoms with E-state index in [1.54, 1.807) is 13.0 Å². The van der Waals surface area contributed by atoms with Crippen molar-refractivity contribution in [2.45, 2.75) is 108 Å². The van der Waals surface area contributed by atoms with Crippen LogP contribution in [0.15, 0.2) is 23.3 Å². The van der Waals surface area contributed by atoms with E-state index in [1.165, 1.54) is 0 Å². The number of allylic oxidation sites excluding steroid dienone is 1. The molecule has 9 heteroatoms. The number of aliphatic hydroxyl groups is 4. The molecule has 0 bridgehead atoms. The maximum atomic E-state index is 12.9. The number of carbonyl (C=O) groups is 2. The van der Waals surface area contributed by atoms with Gasteiger partial charge in [-0.15, -0.1) is 0 Å². The largest absolute Gasteiger partial charge is 0.458 e. The van der Waals surface area contributed by atoms with Crippen LogP contribution < -0.4 is 0 Å². The summed E-state index contributed by atoms with van der Waals surface area (Å²) in [5.41, 5.74) is 0.0949. The van der Waals surface area contributed by atoms with Crippen molar-refractivity contribution in [3.05, 3.63) is 23.3 Å². The van der Waals surface area contributed by atoms with Gasteiger partial charge in [0.25, 0.3) is 0 Å². The first-order valence-corrected chi connectivity index (χ1v) is 14.2. The molecule has 0 aromatic heterocycles. The van der Waals surface area contributed by atoms with Crippen LogP contribution in [0, 0.1) is 28.6 Å². The normalized spacial score (nSPS) is 52.3. The van der Waals surface area contributed by atoms with Gasteiger partial charge in [-0.1, -0.05) is 18.6 Å². The van der Waals surface area contributed by atoms with Crippen LogP contribution in [0.3, 0.4) is 0 Å². The van der Waals surface area contributed by atoms with Crippen molar-refractivity contribution >= 4 is 12.3 Å². The van der Waals surface area contributed by atoms with E-state index in [0.717, 1.165) is 43.1 Å². The Morgan fingerprint density at radius 3 is 2.53 bits per heavy atom. The summed E-state index contributed by atoms with van der Waals surface area (Å²) < 4.78 is 16.9. The molecule has 0 spiro atoms. The average Bonchev–Trinajstić information content (AvgIpc) is 3.45. The summed E-state index contributed by atoms with van der Waals surface area (Å²) in [6.45, 7) is 4.09. The molecule has 1 saturated heterocycles. The van der Waals surface area contributed by atoms with Gasteiger partial charge in [0.05, 0.1) is 23.2 Å². The zero-order chi connectivity index (χ0) is 27.0. The number of esters is 1. The third kappa shape index (κ3) is 3.65. The average molecular weight is 533 g/mol. The zero-order valence-corrected chi connectivity index (χ0v) is 22.1. The summed E-state index contributed by atoms with van der Waals surface area (Å²) in [6.07, 6.45) is 4.31. The van der Waals surface area contributed by atoms with E-state index in [2.05, 4.69) is 6.92 Å². The predicted molar refractivity (Wildman–Crippen MR) is 133 cm³/mol. The van der Waals surface area contributed by atoms with Crippen LogP contribution in [0.2, 0.25) is 0 Å². The van der Waals surface area contributed by atoms with Gasteiger partial charge in [-0.3, -0.25) is 0 Å². The molecule has 0 aromatic rings. The topological polar surface area (TPSA) is 143 Å². The first kappa shape index (κ1) is 26.6. The summed E-state index contributed by atoms with van der Waals surface area (Å²) in [5, 5.41) is 42.9. The molecule has 6 rings (SSSR count). The summed E-state index contributed by atoms with van der Waals surface area (Å²) >= 11 is 0. The molecule has 4 aliphatic carbocycles. The van der Waals surface area contributed by atoms with E-state index in [1.807, 2.05) is 6.08 Å². The molecule has 9 nitrogen and oxygen atoms in total. The molecule has 4 N–H and O–H groups in total. The zero-order valence-electron chi connectivity index (χ0n) is 22.1. The number of carbonyl (C=O) groups excluding carboxylic acids is 2. The van der Waals surface area contributed by atoms with Gasteiger partial charge in [0.2, 0.25) is 0 Å². The van der Waals surface area contributed by atoms with E-state index < -0.39 is 41.7 Å². The van der Waals surface area contributed by atoms with E-state index >= 15 is 0 Å². The fourth-order valence-corrected chi connectivity index (χ4v) is 9.18. The van der Waals surface area contributed by atoms with Crippen molar-refractivity contribution in [1.29, 1.82) is 0 Å². The number of ether oxygens (including phenoxy) is 3. The molecule has 0 unspecified atom stereocenters. The van der Waals surface area contributed by atoms with Crippen molar-refractivity contribution in [1.82, 2.24) is 0 Å². The number of hydrogen-bond acceptors (Lipinski definition) is 9. The van der Waals surface area contributed by atoms with Crippen molar-refractivity contribution in [3.63, 3.8) is 0 Å². The minimum absolute atomic E-state index is 0.00863. The standard InChI is InChI=1S/C29H40O9/c1-15-23(32)24(33)25(34)26(37-15)38-18-5-9-28(14-30)17(12-18)3-4-21-20(28)6-8-27(2)19(7-10-29(21,27)35)16-11-22(31)36-13-16/h11-12,14-15,18-21,23-26,32-35H,3-10,13H2,1-2H3/t15-,18+,19-,20+,21-,23-,24+,25-,26+,27-,28-,29+/m1/s1. The Morgan fingerprint density at radius 1 is 1.03 bits per heavy atom. The van der Waals surface area contributed by atoms with Crippen molar-refractivity contribution < 1.29 is 44.2 Å². The highest BCUT2D eigenvalue weighted by molar-refractivity contribution is 5.85. The fraction of sp³-hybridized carbons (Fsp3) is 0.793. The van der Waals surface area contributed by atoms with Crippen LogP contribution in [-0.2, 0) is 23.8 Å². The lowest BCUT2D eigenvalue weighted by molar-refractivity contribution is -0.301. The van der Waals surface area contributed by atoms with Crippen molar-refractivity contribution in [2.75, 3.05) is 6.61 Å². The van der Waals surface area contributed by atoms with Crippen molar-refractivity contribution in [3.8, 4) is 0 Å². The molecule has 4 fully saturated rings. The summed E-state index contributed by atoms with van der Waals surface area (Å²) in [7, 11) is 0. The predicted octanol–water partition coefficient (Wildman–Crippen LogP) is 1.56. The quantitative estimate of drug-likeness (QED) is 0.241. The molecule has 2 aliphatic heterocycles. The van der Waals surface area contributed by atoms with E-state index in [0.29, 0.717) is 32.3 Å². The van der Waals surface area contributed by atoms with E-state index in [4.69, 9.17) is 14.2 Å². The highest BCUT2D eigenvalue weighted by Crippen LogP contribution is 2.69. The molecule has 6 aliphatic rings. The van der Waals surface area contributed by atoms with E-state index in [-0.39, 0.29) is 35.2 Å². The minimum Gasteiger partial charge on any atom is -0.458 e. The second-order valence-electron chi connectivity index (χ2n) is 12.8. The second kappa shape index (κ2) is 9.21. The summed E-state index contributed by atoms with van der Waals surface area (Å²) in [6, 6.07) is 0. The van der Waals surface area contributed by atoms with Gasteiger partial charge >= 0.3 is 5.97 Å². The highest BCUT2D eigenvalue weighted by Gasteiger charge is 2.68. The van der Waals surface area contributed by atoms with Gasteiger partial charge in [0.1, 0.15) is 31.2 Å². The Balaban J connectivity index is 1.23. The lowest BCUT2D eigenvalue weighted by atomic mass is 9.45. The second-order valence-corrected chi connectivity index (χ2v) is 12.8. The van der Waals surface area contributed by atoms with E-state index in [9.17, 15) is 30.0 Å². The first-order chi connectivity index (χ1) is 18.0. The first-order valence-electron chi connectivity index (χ1n) is 14.2. The lowest BCUT2D eigenvalue weighted by Gasteiger charge is -2.61. The third-order valence-electron chi connectivity index (χ3n) is 11.3. The van der Waals surface area contributed by atoms with Crippen LogP contribution in [0.5, 0.6) is 0 Å². The number of rotatable bonds is 4. The van der Waals surface area contributed by atoms with Crippen LogP contribution >= 0.6 is 0 Å². The van der Waals surface area contributed by atoms with Gasteiger partial charge in [0.15, 0.2) is 6.29 Å². The van der Waals surface area contributed by atoms with Crippen LogP contribution in [0.1, 0.15) is 65.2 Å². The number of aldehydes is 1. The Kier molecular flexibility index (Phi) is 6.45. The summed E-state index contributed by atoms with van der Waals surface area (Å²) in [5.74, 6) is -0.177. The van der Waals surface area contributed by atoms with Crippen LogP contribution in [0.4, 0.5) is 0 Å². The number of cyclic esters (lactones) is 1. The number of fused-ring (bicyclic) bond motifs is 5. The van der Waals surface area contributed by atoms with Gasteiger partial charge in [-0.25, -0.2) is 4.79 Å². The van der Waals surface area contributed by atoms with Gasteiger partial charge < -0.3 is 39.4 Å². The van der Waals surface area contributed by atoms with Gasteiger partial charge in [-0.2, -0.15) is 0 Å². The molecule has 2 heterocycles. The molecule has 38 heavy (non-hydrogen) atoms. The van der Waals surface area contributed by atoms with Gasteiger partial charge in [-0.05, 0) is 81.6 Å². The minimum atomic E-state index is -1.37. The summed E-state index contributed by atoms with van der Waals surface area (Å²) in [4.78, 5) is 24.7. The smallest absolute Gasteiger partial charge is 0.331 e. The third-order valence-corrected chi connectivity index (χ3v) is 11.3. The molecule has 0 amide bonds. The maximum absolute atomic E-state index is 12.9. The molecule has 210 valence electrons. The van der Waals surface area contributed by atoms with Crippen molar-refractivity contribution in [2.24, 2.45) is 28.6 Å². The molecular weight excluding hydrogens is 492 g/mol. The molecule has 3 saturated carbocycles. The molecule has 0 aromatic carbocycles. The monoisotopic (exact) mass is 532 g/mol. The fourth-order valence-electron chi connectivity index (χ4n) is 9.18. The van der Waals surface area contributed by atoms with Gasteiger partial charge in [0, 0.05) is 11.5 Å². The van der Waals surface area contributed by atoms with Crippen LogP contribution in [-0.4, -0.2) is 81.7 Å². The number of hydrogen-bond donors (Lipinski definition) is 4. The molecule has 12 atom stereocenters. The Morgan fingerprint density at radius 2 is 1.82 bits per heavy atom. The molecular formula is C29H40O9. The SMILES string of the molecule is C[C@H]1O[C@@H](O[C@@H]2C=C3CC[C@@H]4[C@H](CC[C@]5(C)[C@@H](C6=CC(=O)OC6)CC[C@]45O)[C@@]3(C=O)CC2)[C@H](O)[C@@H](O)[C@@H]1O. The Hall–Kier alpha value is -1.62. The Bertz CT molecular complexity index is 1050. The molecule has 0 radical (unpaired) electrons. The van der Waals surface area contributed by atoms with Crippen LogP contribution in [0.25, 0.3) is 0 Å². The Labute approximate surface area is 222 Å². The maximum Gasteiger partial charge on any atom is 0.331 e.